The molecule has 0 unspecified atom stereocenters. The summed E-state index contributed by atoms with van der Waals surface area (Å²) < 4.78 is 6.12. The molecule has 8 heteroatoms. The number of hydrogen-bond acceptors (Lipinski definition) is 6. The molecule has 1 saturated heterocycles. The third kappa shape index (κ3) is 4.50. The molecule has 3 heterocycles. The lowest BCUT2D eigenvalue weighted by molar-refractivity contribution is -0.165. The monoisotopic (exact) mass is 431 g/mol. The molecule has 1 aliphatic rings. The molecule has 0 bridgehead atoms. The molecular formula is C24H25N5O3. The maximum atomic E-state index is 13.3. The van der Waals surface area contributed by atoms with Crippen molar-refractivity contribution in [3.8, 4) is 11.1 Å². The summed E-state index contributed by atoms with van der Waals surface area (Å²) in [5.41, 5.74) is 2.00. The Morgan fingerprint density at radius 1 is 1.06 bits per heavy atom. The number of hydrogen-bond donors (Lipinski definition) is 0. The van der Waals surface area contributed by atoms with Crippen LogP contribution in [-0.2, 0) is 16.0 Å². The zero-order valence-corrected chi connectivity index (χ0v) is 18.1. The molecule has 2 aromatic heterocycles. The summed E-state index contributed by atoms with van der Waals surface area (Å²) in [6.07, 6.45) is 8.31. The summed E-state index contributed by atoms with van der Waals surface area (Å²) >= 11 is 0. The number of carbonyl (C=O) groups excluding carboxylic acids is 2. The summed E-state index contributed by atoms with van der Waals surface area (Å²) in [4.78, 5) is 41.7. The van der Waals surface area contributed by atoms with Crippen molar-refractivity contribution >= 4 is 11.8 Å². The molecule has 1 atom stereocenters. The molecule has 0 spiro atoms. The van der Waals surface area contributed by atoms with E-state index in [1.54, 1.807) is 31.4 Å². The van der Waals surface area contributed by atoms with Crippen molar-refractivity contribution in [2.75, 3.05) is 33.8 Å². The van der Waals surface area contributed by atoms with E-state index < -0.39 is 5.60 Å². The first-order valence-corrected chi connectivity index (χ1v) is 10.4. The van der Waals surface area contributed by atoms with Gasteiger partial charge >= 0.3 is 0 Å². The number of pyridine rings is 1. The smallest absolute Gasteiger partial charge is 0.274 e. The number of morpholine rings is 1. The van der Waals surface area contributed by atoms with Crippen LogP contribution in [0.2, 0.25) is 0 Å². The van der Waals surface area contributed by atoms with Crippen LogP contribution in [-0.4, -0.2) is 76.0 Å². The largest absolute Gasteiger partial charge is 0.361 e. The maximum Gasteiger partial charge on any atom is 0.274 e. The third-order valence-corrected chi connectivity index (χ3v) is 5.46. The highest BCUT2D eigenvalue weighted by Crippen LogP contribution is 2.28. The summed E-state index contributed by atoms with van der Waals surface area (Å²) in [5.74, 6) is -0.442. The molecule has 1 aromatic carbocycles. The van der Waals surface area contributed by atoms with Gasteiger partial charge < -0.3 is 14.5 Å². The van der Waals surface area contributed by atoms with Gasteiger partial charge in [-0.05, 0) is 22.8 Å². The minimum absolute atomic E-state index is 0.135. The van der Waals surface area contributed by atoms with E-state index in [1.807, 2.05) is 36.4 Å². The van der Waals surface area contributed by atoms with Gasteiger partial charge in [-0.3, -0.25) is 19.6 Å². The Hall–Kier alpha value is -3.65. The van der Waals surface area contributed by atoms with Crippen LogP contribution in [0.1, 0.15) is 16.1 Å². The molecule has 3 aromatic rings. The molecule has 1 fully saturated rings. The normalized spacial score (nSPS) is 18.2. The van der Waals surface area contributed by atoms with E-state index >= 15 is 0 Å². The number of amides is 2. The van der Waals surface area contributed by atoms with E-state index in [2.05, 4.69) is 15.0 Å². The minimum atomic E-state index is -1.19. The van der Waals surface area contributed by atoms with Crippen LogP contribution in [0.5, 0.6) is 0 Å². The Morgan fingerprint density at radius 3 is 2.59 bits per heavy atom. The highest BCUT2D eigenvalue weighted by Gasteiger charge is 2.46. The van der Waals surface area contributed by atoms with Crippen molar-refractivity contribution in [3.63, 3.8) is 0 Å². The summed E-state index contributed by atoms with van der Waals surface area (Å²) in [7, 11) is 3.39. The predicted octanol–water partition coefficient (Wildman–Crippen LogP) is 2.08. The van der Waals surface area contributed by atoms with Crippen molar-refractivity contribution in [2.45, 2.75) is 12.0 Å². The van der Waals surface area contributed by atoms with Crippen molar-refractivity contribution in [1.29, 1.82) is 0 Å². The average molecular weight is 431 g/mol. The molecule has 8 nitrogen and oxygen atoms in total. The van der Waals surface area contributed by atoms with E-state index in [0.717, 1.165) is 16.7 Å². The van der Waals surface area contributed by atoms with E-state index in [9.17, 15) is 9.59 Å². The van der Waals surface area contributed by atoms with Crippen LogP contribution in [0.15, 0.2) is 67.4 Å². The molecule has 0 aliphatic carbocycles. The average Bonchev–Trinajstić information content (AvgIpc) is 2.84. The van der Waals surface area contributed by atoms with Crippen LogP contribution < -0.4 is 0 Å². The fourth-order valence-corrected chi connectivity index (χ4v) is 3.97. The molecular weight excluding hydrogens is 406 g/mol. The topological polar surface area (TPSA) is 88.5 Å². The van der Waals surface area contributed by atoms with Gasteiger partial charge in [0.1, 0.15) is 5.69 Å². The van der Waals surface area contributed by atoms with Gasteiger partial charge in [-0.25, -0.2) is 4.98 Å². The maximum absolute atomic E-state index is 13.3. The fraction of sp³-hybridized carbons (Fsp3) is 0.292. The second kappa shape index (κ2) is 9.23. The van der Waals surface area contributed by atoms with Crippen molar-refractivity contribution in [3.05, 3.63) is 78.6 Å². The molecule has 2 amide bonds. The van der Waals surface area contributed by atoms with E-state index in [0.29, 0.717) is 13.0 Å². The first-order valence-electron chi connectivity index (χ1n) is 10.4. The van der Waals surface area contributed by atoms with Crippen molar-refractivity contribution in [1.82, 2.24) is 24.8 Å². The summed E-state index contributed by atoms with van der Waals surface area (Å²) in [6.45, 7) is 0.776. The number of carbonyl (C=O) groups is 2. The Labute approximate surface area is 186 Å². The lowest BCUT2D eigenvalue weighted by Gasteiger charge is -2.42. The highest BCUT2D eigenvalue weighted by atomic mass is 16.5. The Bertz CT molecular complexity index is 1090. The zero-order valence-electron chi connectivity index (χ0n) is 18.1. The van der Waals surface area contributed by atoms with Gasteiger partial charge in [-0.1, -0.05) is 30.3 Å². The van der Waals surface area contributed by atoms with Gasteiger partial charge in [0.15, 0.2) is 5.60 Å². The van der Waals surface area contributed by atoms with E-state index in [4.69, 9.17) is 4.74 Å². The standard InChI is InChI=1S/C24H25N5O3/c1-28(2)23(31)24(14-18-5-3-6-19(13-18)20-7-4-8-25-15-20)17-29(11-12-32-24)22(30)21-16-26-9-10-27-21/h3-10,13,15-16H,11-12,14,17H2,1-2H3/t24-/m0/s1. The third-order valence-electron chi connectivity index (χ3n) is 5.46. The highest BCUT2D eigenvalue weighted by molar-refractivity contribution is 5.93. The van der Waals surface area contributed by atoms with E-state index in [-0.39, 0.29) is 30.7 Å². The van der Waals surface area contributed by atoms with E-state index in [1.165, 1.54) is 23.5 Å². The van der Waals surface area contributed by atoms with Crippen LogP contribution in [0, 0.1) is 0 Å². The Balaban J connectivity index is 1.64. The lowest BCUT2D eigenvalue weighted by atomic mass is 9.89. The minimum Gasteiger partial charge on any atom is -0.361 e. The van der Waals surface area contributed by atoms with Gasteiger partial charge in [0.2, 0.25) is 0 Å². The molecule has 0 N–H and O–H groups in total. The number of benzene rings is 1. The van der Waals surface area contributed by atoms with Gasteiger partial charge in [0.05, 0.1) is 19.3 Å². The van der Waals surface area contributed by atoms with Gasteiger partial charge in [0, 0.05) is 51.8 Å². The summed E-state index contributed by atoms with van der Waals surface area (Å²) in [5, 5.41) is 0. The van der Waals surface area contributed by atoms with Crippen LogP contribution in [0.4, 0.5) is 0 Å². The van der Waals surface area contributed by atoms with Crippen molar-refractivity contribution < 1.29 is 14.3 Å². The van der Waals surface area contributed by atoms with Gasteiger partial charge in [0.25, 0.3) is 11.8 Å². The lowest BCUT2D eigenvalue weighted by Crippen LogP contribution is -2.61. The molecule has 0 radical (unpaired) electrons. The SMILES string of the molecule is CN(C)C(=O)[C@]1(Cc2cccc(-c3cccnc3)c2)CN(C(=O)c2cnccn2)CCO1. The fourth-order valence-electron chi connectivity index (χ4n) is 3.97. The molecule has 0 saturated carbocycles. The van der Waals surface area contributed by atoms with Crippen molar-refractivity contribution in [2.24, 2.45) is 0 Å². The predicted molar refractivity (Wildman–Crippen MR) is 119 cm³/mol. The number of nitrogens with zero attached hydrogens (tertiary/aromatic N) is 5. The first kappa shape index (κ1) is 21.6. The van der Waals surface area contributed by atoms with Crippen LogP contribution in [0.3, 0.4) is 0 Å². The Kier molecular flexibility index (Phi) is 6.23. The number of aromatic nitrogens is 3. The number of rotatable bonds is 5. The number of ether oxygens (including phenoxy) is 1. The molecule has 4 rings (SSSR count). The Morgan fingerprint density at radius 2 is 1.88 bits per heavy atom. The molecule has 164 valence electrons. The first-order chi connectivity index (χ1) is 15.5. The zero-order chi connectivity index (χ0) is 22.6. The second-order valence-corrected chi connectivity index (χ2v) is 7.98. The van der Waals surface area contributed by atoms with Crippen LogP contribution in [0.25, 0.3) is 11.1 Å². The molecule has 32 heavy (non-hydrogen) atoms. The van der Waals surface area contributed by atoms with Crippen LogP contribution >= 0.6 is 0 Å². The van der Waals surface area contributed by atoms with Gasteiger partial charge in [-0.2, -0.15) is 0 Å². The van der Waals surface area contributed by atoms with Gasteiger partial charge in [-0.15, -0.1) is 0 Å². The molecule has 1 aliphatic heterocycles. The second-order valence-electron chi connectivity index (χ2n) is 7.98. The number of likely N-dealkylation sites (N-methyl/N-ethyl adjacent to an activating group) is 1. The quantitative estimate of drug-likeness (QED) is 0.615. The summed E-state index contributed by atoms with van der Waals surface area (Å²) in [6, 6.07) is 11.8.